The van der Waals surface area contributed by atoms with Crippen LogP contribution in [0.15, 0.2) is 29.2 Å². The molecule has 1 aromatic rings. The Morgan fingerprint density at radius 2 is 2.11 bits per heavy atom. The molecule has 100 valence electrons. The summed E-state index contributed by atoms with van der Waals surface area (Å²) < 4.78 is 6.13. The maximum Gasteiger partial charge on any atom is 0.133 e. The second kappa shape index (κ2) is 6.48. The number of rotatable bonds is 5. The van der Waals surface area contributed by atoms with Crippen molar-refractivity contribution in [3.8, 4) is 5.75 Å². The van der Waals surface area contributed by atoms with E-state index < -0.39 is 0 Å². The molecule has 0 bridgehead atoms. The smallest absolute Gasteiger partial charge is 0.133 e. The van der Waals surface area contributed by atoms with Crippen molar-refractivity contribution in [3.05, 3.63) is 24.3 Å². The van der Waals surface area contributed by atoms with Gasteiger partial charge in [-0.3, -0.25) is 0 Å². The highest BCUT2D eigenvalue weighted by molar-refractivity contribution is 7.99. The van der Waals surface area contributed by atoms with Crippen LogP contribution in [0.5, 0.6) is 5.75 Å². The van der Waals surface area contributed by atoms with Gasteiger partial charge in [0.1, 0.15) is 11.9 Å². The Morgan fingerprint density at radius 3 is 2.83 bits per heavy atom. The summed E-state index contributed by atoms with van der Waals surface area (Å²) in [5.41, 5.74) is 0. The number of likely N-dealkylation sites (N-methyl/N-ethyl adjacent to an activating group) is 1. The molecule has 0 spiro atoms. The highest BCUT2D eigenvalue weighted by Gasteiger charge is 2.26. The maximum absolute atomic E-state index is 6.13. The lowest BCUT2D eigenvalue weighted by Gasteiger charge is -2.32. The average Bonchev–Trinajstić information content (AvgIpc) is 2.39. The van der Waals surface area contributed by atoms with Crippen molar-refractivity contribution in [1.82, 2.24) is 5.32 Å². The van der Waals surface area contributed by atoms with Crippen LogP contribution in [-0.2, 0) is 0 Å². The first-order chi connectivity index (χ1) is 8.70. The maximum atomic E-state index is 6.13. The normalized spacial score (nSPS) is 20.3. The van der Waals surface area contributed by atoms with Crippen molar-refractivity contribution in [3.63, 3.8) is 0 Å². The fraction of sp³-hybridized carbons (Fsp3) is 0.600. The van der Waals surface area contributed by atoms with Gasteiger partial charge in [-0.25, -0.2) is 0 Å². The lowest BCUT2D eigenvalue weighted by molar-refractivity contribution is 0.161. The fourth-order valence-corrected chi connectivity index (χ4v) is 3.34. The number of fused-ring (bicyclic) bond motifs is 1. The molecule has 1 heterocycles. The van der Waals surface area contributed by atoms with E-state index in [9.17, 15) is 0 Å². The van der Waals surface area contributed by atoms with Crippen molar-refractivity contribution in [2.75, 3.05) is 12.8 Å². The molecule has 18 heavy (non-hydrogen) atoms. The molecule has 0 fully saturated rings. The molecule has 2 atom stereocenters. The Hall–Kier alpha value is -0.670. The minimum atomic E-state index is 0.286. The second-order valence-electron chi connectivity index (χ2n) is 5.28. The fourth-order valence-electron chi connectivity index (χ4n) is 2.26. The molecule has 2 unspecified atom stereocenters. The quantitative estimate of drug-likeness (QED) is 0.879. The monoisotopic (exact) mass is 265 g/mol. The van der Waals surface area contributed by atoms with E-state index in [1.54, 1.807) is 0 Å². The third-order valence-electron chi connectivity index (χ3n) is 3.41. The molecule has 1 N–H and O–H groups in total. The Bertz CT molecular complexity index is 381. The van der Waals surface area contributed by atoms with E-state index in [1.807, 2.05) is 24.9 Å². The lowest BCUT2D eigenvalue weighted by atomic mass is 10.00. The number of hydrogen-bond donors (Lipinski definition) is 1. The van der Waals surface area contributed by atoms with Crippen LogP contribution in [0.2, 0.25) is 0 Å². The zero-order valence-electron chi connectivity index (χ0n) is 11.5. The van der Waals surface area contributed by atoms with Crippen LogP contribution in [0.1, 0.15) is 26.7 Å². The van der Waals surface area contributed by atoms with Gasteiger partial charge in [-0.15, -0.1) is 11.8 Å². The van der Waals surface area contributed by atoms with E-state index >= 15 is 0 Å². The molecule has 3 heteroatoms. The van der Waals surface area contributed by atoms with E-state index in [-0.39, 0.29) is 6.10 Å². The first kappa shape index (κ1) is 13.8. The Balaban J connectivity index is 1.98. The van der Waals surface area contributed by atoms with Gasteiger partial charge in [-0.2, -0.15) is 0 Å². The highest BCUT2D eigenvalue weighted by Crippen LogP contribution is 2.36. The third-order valence-corrected chi connectivity index (χ3v) is 4.55. The summed E-state index contributed by atoms with van der Waals surface area (Å²) in [6.07, 6.45) is 2.72. The second-order valence-corrected chi connectivity index (χ2v) is 6.34. The molecule has 0 amide bonds. The summed E-state index contributed by atoms with van der Waals surface area (Å²) in [6, 6.07) is 8.78. The van der Waals surface area contributed by atoms with Crippen LogP contribution < -0.4 is 10.1 Å². The molecule has 0 saturated carbocycles. The van der Waals surface area contributed by atoms with Gasteiger partial charge in [0, 0.05) is 16.7 Å². The van der Waals surface area contributed by atoms with E-state index in [1.165, 1.54) is 17.7 Å². The average molecular weight is 265 g/mol. The largest absolute Gasteiger partial charge is 0.487 e. The molecular weight excluding hydrogens is 242 g/mol. The zero-order valence-corrected chi connectivity index (χ0v) is 12.3. The first-order valence-electron chi connectivity index (χ1n) is 6.76. The summed E-state index contributed by atoms with van der Waals surface area (Å²) in [4.78, 5) is 1.27. The predicted molar refractivity (Wildman–Crippen MR) is 78.5 cm³/mol. The molecule has 0 aromatic heterocycles. The summed E-state index contributed by atoms with van der Waals surface area (Å²) in [5.74, 6) is 2.84. The minimum absolute atomic E-state index is 0.286. The van der Waals surface area contributed by atoms with Crippen molar-refractivity contribution in [2.24, 2.45) is 5.92 Å². The molecular formula is C15H23NOS. The molecule has 2 nitrogen and oxygen atoms in total. The summed E-state index contributed by atoms with van der Waals surface area (Å²) >= 11 is 1.91. The first-order valence-corrected chi connectivity index (χ1v) is 7.75. The van der Waals surface area contributed by atoms with E-state index in [0.29, 0.717) is 6.04 Å². The van der Waals surface area contributed by atoms with Crippen LogP contribution in [0.4, 0.5) is 0 Å². The predicted octanol–water partition coefficient (Wildman–Crippen LogP) is 3.56. The number of benzene rings is 1. The van der Waals surface area contributed by atoms with E-state index in [2.05, 4.69) is 37.4 Å². The molecule has 1 aliphatic heterocycles. The van der Waals surface area contributed by atoms with Gasteiger partial charge in [-0.05, 0) is 37.9 Å². The van der Waals surface area contributed by atoms with Gasteiger partial charge < -0.3 is 10.1 Å². The zero-order chi connectivity index (χ0) is 13.0. The minimum Gasteiger partial charge on any atom is -0.487 e. The van der Waals surface area contributed by atoms with Crippen LogP contribution in [0.25, 0.3) is 0 Å². The van der Waals surface area contributed by atoms with Crippen molar-refractivity contribution >= 4 is 11.8 Å². The van der Waals surface area contributed by atoms with Crippen LogP contribution in [0.3, 0.4) is 0 Å². The standard InChI is InChI=1S/C15H23NOS/c1-11(2)8-9-12(16-3)14-10-18-15-7-5-4-6-13(15)17-14/h4-7,11-12,14,16H,8-10H2,1-3H3. The van der Waals surface area contributed by atoms with Crippen LogP contribution in [-0.4, -0.2) is 24.9 Å². The van der Waals surface area contributed by atoms with Gasteiger partial charge in [0.25, 0.3) is 0 Å². The van der Waals surface area contributed by atoms with E-state index in [0.717, 1.165) is 17.4 Å². The lowest BCUT2D eigenvalue weighted by Crippen LogP contribution is -2.44. The highest BCUT2D eigenvalue weighted by atomic mass is 32.2. The van der Waals surface area contributed by atoms with Gasteiger partial charge in [-0.1, -0.05) is 26.0 Å². The molecule has 0 radical (unpaired) electrons. The number of thioether (sulfide) groups is 1. The van der Waals surface area contributed by atoms with Crippen molar-refractivity contribution < 1.29 is 4.74 Å². The third kappa shape index (κ3) is 3.42. The Morgan fingerprint density at radius 1 is 1.33 bits per heavy atom. The Kier molecular flexibility index (Phi) is 4.95. The summed E-state index contributed by atoms with van der Waals surface area (Å²) in [5, 5.41) is 3.42. The molecule has 2 rings (SSSR count). The number of nitrogens with one attached hydrogen (secondary N) is 1. The molecule has 1 aliphatic rings. The Labute approximate surface area is 114 Å². The van der Waals surface area contributed by atoms with Gasteiger partial charge in [0.2, 0.25) is 0 Å². The van der Waals surface area contributed by atoms with Gasteiger partial charge >= 0.3 is 0 Å². The number of para-hydroxylation sites is 1. The molecule has 0 aliphatic carbocycles. The van der Waals surface area contributed by atoms with Crippen LogP contribution >= 0.6 is 11.8 Å². The van der Waals surface area contributed by atoms with Crippen LogP contribution in [0, 0.1) is 5.92 Å². The molecule has 0 saturated heterocycles. The molecule has 1 aromatic carbocycles. The van der Waals surface area contributed by atoms with Gasteiger partial charge in [0.05, 0.1) is 0 Å². The number of hydrogen-bond acceptors (Lipinski definition) is 3. The van der Waals surface area contributed by atoms with Crippen molar-refractivity contribution in [1.29, 1.82) is 0 Å². The van der Waals surface area contributed by atoms with E-state index in [4.69, 9.17) is 4.74 Å². The summed E-state index contributed by atoms with van der Waals surface area (Å²) in [6.45, 7) is 4.55. The summed E-state index contributed by atoms with van der Waals surface area (Å²) in [7, 11) is 2.04. The number of ether oxygens (including phenoxy) is 1. The van der Waals surface area contributed by atoms with Crippen molar-refractivity contribution in [2.45, 2.75) is 43.7 Å². The SMILES string of the molecule is CNC(CCC(C)C)C1CSc2ccccc2O1. The topological polar surface area (TPSA) is 21.3 Å². The van der Waals surface area contributed by atoms with Gasteiger partial charge in [0.15, 0.2) is 0 Å².